The number of rotatable bonds is 4. The lowest BCUT2D eigenvalue weighted by Crippen LogP contribution is -2.45. The van der Waals surface area contributed by atoms with Crippen LogP contribution in [0.5, 0.6) is 0 Å². The molecule has 0 spiro atoms. The molecule has 20 heavy (non-hydrogen) atoms. The van der Waals surface area contributed by atoms with Crippen LogP contribution in [0.15, 0.2) is 40.9 Å². The molecule has 1 aromatic rings. The van der Waals surface area contributed by atoms with Gasteiger partial charge in [-0.25, -0.2) is 0 Å². The van der Waals surface area contributed by atoms with E-state index in [1.807, 2.05) is 0 Å². The van der Waals surface area contributed by atoms with Gasteiger partial charge in [-0.1, -0.05) is 39.7 Å². The van der Waals surface area contributed by atoms with Crippen molar-refractivity contribution in [3.63, 3.8) is 0 Å². The van der Waals surface area contributed by atoms with E-state index in [4.69, 9.17) is 0 Å². The largest absolute Gasteiger partial charge is 0.314 e. The lowest BCUT2D eigenvalue weighted by atomic mass is 9.98. The summed E-state index contributed by atoms with van der Waals surface area (Å²) in [7, 11) is 0. The summed E-state index contributed by atoms with van der Waals surface area (Å²) in [6.45, 7) is 10.6. The molecule has 1 heterocycles. The Labute approximate surface area is 143 Å². The Kier molecular flexibility index (Phi) is 9.77. The SMILES string of the molecule is C=C(C)C[C@H](c1ccccc1Br)N1CCNCC1.Cl.Cl. The Bertz CT molecular complexity index is 420. The van der Waals surface area contributed by atoms with Crippen molar-refractivity contribution in [1.29, 1.82) is 0 Å². The van der Waals surface area contributed by atoms with Crippen LogP contribution >= 0.6 is 40.7 Å². The molecule has 2 nitrogen and oxygen atoms in total. The minimum absolute atomic E-state index is 0. The van der Waals surface area contributed by atoms with Gasteiger partial charge in [-0.3, -0.25) is 4.90 Å². The highest BCUT2D eigenvalue weighted by Gasteiger charge is 2.23. The van der Waals surface area contributed by atoms with Gasteiger partial charge in [0.2, 0.25) is 0 Å². The number of hydrogen-bond acceptors (Lipinski definition) is 2. The molecule has 0 saturated carbocycles. The second kappa shape index (κ2) is 9.80. The van der Waals surface area contributed by atoms with E-state index < -0.39 is 0 Å². The summed E-state index contributed by atoms with van der Waals surface area (Å²) in [5.41, 5.74) is 2.62. The van der Waals surface area contributed by atoms with E-state index >= 15 is 0 Å². The fraction of sp³-hybridized carbons (Fsp3) is 0.467. The molecule has 1 atom stereocenters. The number of benzene rings is 1. The third-order valence-corrected chi connectivity index (χ3v) is 4.12. The van der Waals surface area contributed by atoms with E-state index in [1.54, 1.807) is 0 Å². The van der Waals surface area contributed by atoms with E-state index in [9.17, 15) is 0 Å². The van der Waals surface area contributed by atoms with Crippen LogP contribution in [0.4, 0.5) is 0 Å². The molecule has 0 amide bonds. The molecule has 1 aliphatic heterocycles. The summed E-state index contributed by atoms with van der Waals surface area (Å²) in [5.74, 6) is 0. The van der Waals surface area contributed by atoms with Crippen LogP contribution in [-0.2, 0) is 0 Å². The monoisotopic (exact) mass is 380 g/mol. The smallest absolute Gasteiger partial charge is 0.0397 e. The van der Waals surface area contributed by atoms with Gasteiger partial charge in [-0.15, -0.1) is 31.4 Å². The van der Waals surface area contributed by atoms with Gasteiger partial charge in [-0.2, -0.15) is 0 Å². The Morgan fingerprint density at radius 2 is 1.90 bits per heavy atom. The third kappa shape index (κ3) is 5.38. The van der Waals surface area contributed by atoms with Gasteiger partial charge in [-0.05, 0) is 25.0 Å². The summed E-state index contributed by atoms with van der Waals surface area (Å²) < 4.78 is 1.20. The summed E-state index contributed by atoms with van der Waals surface area (Å²) in [5, 5.41) is 3.41. The highest BCUT2D eigenvalue weighted by atomic mass is 79.9. The maximum absolute atomic E-state index is 4.09. The van der Waals surface area contributed by atoms with Crippen molar-refractivity contribution < 1.29 is 0 Å². The van der Waals surface area contributed by atoms with E-state index in [2.05, 4.69) is 63.9 Å². The van der Waals surface area contributed by atoms with Crippen LogP contribution < -0.4 is 5.32 Å². The van der Waals surface area contributed by atoms with Crippen molar-refractivity contribution in [2.45, 2.75) is 19.4 Å². The second-order valence-electron chi connectivity index (χ2n) is 4.98. The van der Waals surface area contributed by atoms with Crippen molar-refractivity contribution in [2.24, 2.45) is 0 Å². The molecule has 1 N–H and O–H groups in total. The second-order valence-corrected chi connectivity index (χ2v) is 5.84. The summed E-state index contributed by atoms with van der Waals surface area (Å²) >= 11 is 3.68. The average molecular weight is 382 g/mol. The van der Waals surface area contributed by atoms with Gasteiger partial charge >= 0.3 is 0 Å². The summed E-state index contributed by atoms with van der Waals surface area (Å²) in [6, 6.07) is 8.99. The van der Waals surface area contributed by atoms with Gasteiger partial charge in [0.1, 0.15) is 0 Å². The molecule has 1 saturated heterocycles. The minimum atomic E-state index is 0. The number of halogens is 3. The van der Waals surface area contributed by atoms with Crippen LogP contribution in [0.3, 0.4) is 0 Å². The Morgan fingerprint density at radius 3 is 2.45 bits per heavy atom. The molecule has 0 radical (unpaired) electrons. The first-order valence-electron chi connectivity index (χ1n) is 6.52. The molecule has 0 aliphatic carbocycles. The molecule has 0 aromatic heterocycles. The Balaban J connectivity index is 0.00000180. The maximum atomic E-state index is 4.09. The molecular formula is C15H23BrCl2N2. The molecular weight excluding hydrogens is 359 g/mol. The minimum Gasteiger partial charge on any atom is -0.314 e. The Morgan fingerprint density at radius 1 is 1.30 bits per heavy atom. The van der Waals surface area contributed by atoms with Crippen molar-refractivity contribution >= 4 is 40.7 Å². The molecule has 5 heteroatoms. The molecule has 0 bridgehead atoms. The fourth-order valence-corrected chi connectivity index (χ4v) is 3.05. The number of nitrogens with zero attached hydrogens (tertiary/aromatic N) is 1. The molecule has 0 unspecified atom stereocenters. The quantitative estimate of drug-likeness (QED) is 0.786. The zero-order chi connectivity index (χ0) is 13.0. The molecule has 1 aliphatic rings. The molecule has 1 aromatic carbocycles. The van der Waals surface area contributed by atoms with Crippen LogP contribution in [0.2, 0.25) is 0 Å². The fourth-order valence-electron chi connectivity index (χ4n) is 2.50. The molecule has 2 rings (SSSR count). The molecule has 114 valence electrons. The van der Waals surface area contributed by atoms with E-state index in [-0.39, 0.29) is 24.8 Å². The first-order valence-corrected chi connectivity index (χ1v) is 7.31. The number of nitrogens with one attached hydrogen (secondary N) is 1. The van der Waals surface area contributed by atoms with Crippen molar-refractivity contribution in [2.75, 3.05) is 26.2 Å². The van der Waals surface area contributed by atoms with Gasteiger partial charge < -0.3 is 5.32 Å². The van der Waals surface area contributed by atoms with E-state index in [0.29, 0.717) is 6.04 Å². The highest BCUT2D eigenvalue weighted by molar-refractivity contribution is 9.10. The standard InChI is InChI=1S/C15H21BrN2.2ClH/c1-12(2)11-15(18-9-7-17-8-10-18)13-5-3-4-6-14(13)16;;/h3-6,15,17H,1,7-11H2,2H3;2*1H/t15-;;/m1../s1. The Hall–Kier alpha value is -0.0600. The normalized spacial score (nSPS) is 16.7. The van der Waals surface area contributed by atoms with Gasteiger partial charge in [0.25, 0.3) is 0 Å². The van der Waals surface area contributed by atoms with Crippen molar-refractivity contribution in [3.8, 4) is 0 Å². The summed E-state index contributed by atoms with van der Waals surface area (Å²) in [4.78, 5) is 2.56. The zero-order valence-corrected chi connectivity index (χ0v) is 15.0. The van der Waals surface area contributed by atoms with E-state index in [0.717, 1.165) is 32.6 Å². The van der Waals surface area contributed by atoms with Crippen molar-refractivity contribution in [3.05, 3.63) is 46.5 Å². The first-order chi connectivity index (χ1) is 8.68. The summed E-state index contributed by atoms with van der Waals surface area (Å²) in [6.07, 6.45) is 1.03. The van der Waals surface area contributed by atoms with Crippen LogP contribution in [0.25, 0.3) is 0 Å². The lowest BCUT2D eigenvalue weighted by molar-refractivity contribution is 0.172. The van der Waals surface area contributed by atoms with Gasteiger partial charge in [0, 0.05) is 36.7 Å². The van der Waals surface area contributed by atoms with Crippen LogP contribution in [0.1, 0.15) is 24.9 Å². The van der Waals surface area contributed by atoms with Crippen molar-refractivity contribution in [1.82, 2.24) is 10.2 Å². The third-order valence-electron chi connectivity index (χ3n) is 3.40. The molecule has 1 fully saturated rings. The predicted octanol–water partition coefficient (Wildman–Crippen LogP) is 4.21. The lowest BCUT2D eigenvalue weighted by Gasteiger charge is -2.36. The predicted molar refractivity (Wildman–Crippen MR) is 95.3 cm³/mol. The topological polar surface area (TPSA) is 15.3 Å². The maximum Gasteiger partial charge on any atom is 0.0397 e. The zero-order valence-electron chi connectivity index (χ0n) is 11.8. The van der Waals surface area contributed by atoms with E-state index in [1.165, 1.54) is 15.6 Å². The first kappa shape index (κ1) is 19.9. The average Bonchev–Trinajstić information content (AvgIpc) is 2.38. The number of piperazine rings is 1. The van der Waals surface area contributed by atoms with Crippen LogP contribution in [-0.4, -0.2) is 31.1 Å². The van der Waals surface area contributed by atoms with Gasteiger partial charge in [0.15, 0.2) is 0 Å². The van der Waals surface area contributed by atoms with Gasteiger partial charge in [0.05, 0.1) is 0 Å². The number of hydrogen-bond donors (Lipinski definition) is 1. The van der Waals surface area contributed by atoms with Crippen LogP contribution in [0, 0.1) is 0 Å². The highest BCUT2D eigenvalue weighted by Crippen LogP contribution is 2.32.